The number of aliphatic carboxylic acids is 1. The highest BCUT2D eigenvalue weighted by Crippen LogP contribution is 2.06. The Morgan fingerprint density at radius 2 is 1.65 bits per heavy atom. The topological polar surface area (TPSA) is 179 Å². The summed E-state index contributed by atoms with van der Waals surface area (Å²) < 4.78 is 0. The van der Waals surface area contributed by atoms with Gasteiger partial charge >= 0.3 is 5.97 Å². The fourth-order valence-corrected chi connectivity index (χ4v) is 2.89. The molecule has 0 radical (unpaired) electrons. The minimum atomic E-state index is -1.23. The minimum absolute atomic E-state index is 0.00786. The normalized spacial score (nSPS) is 15.1. The summed E-state index contributed by atoms with van der Waals surface area (Å²) in [5.41, 5.74) is 6.37. The third-order valence-electron chi connectivity index (χ3n) is 4.68. The zero-order valence-corrected chi connectivity index (χ0v) is 19.0. The van der Waals surface area contributed by atoms with E-state index in [0.29, 0.717) is 5.69 Å². The van der Waals surface area contributed by atoms with E-state index in [1.165, 1.54) is 12.5 Å². The Kier molecular flexibility index (Phi) is 10.5. The molecule has 0 aliphatic heterocycles. The lowest BCUT2D eigenvalue weighted by molar-refractivity contribution is -0.142. The smallest absolute Gasteiger partial charge is 0.326 e. The summed E-state index contributed by atoms with van der Waals surface area (Å²) in [7, 11) is 0. The maximum Gasteiger partial charge on any atom is 0.326 e. The number of amides is 3. The van der Waals surface area contributed by atoms with E-state index in [0.717, 1.165) is 0 Å². The number of aromatic amines is 1. The quantitative estimate of drug-likeness (QED) is 0.198. The molecule has 1 heterocycles. The van der Waals surface area contributed by atoms with Crippen molar-refractivity contribution in [2.75, 3.05) is 5.75 Å². The van der Waals surface area contributed by atoms with Crippen LogP contribution in [-0.4, -0.2) is 68.7 Å². The summed E-state index contributed by atoms with van der Waals surface area (Å²) in [5.74, 6) is -3.47. The number of H-pyrrole nitrogens is 1. The molecule has 174 valence electrons. The van der Waals surface area contributed by atoms with E-state index in [1.807, 2.05) is 0 Å². The molecule has 0 aliphatic rings. The van der Waals surface area contributed by atoms with Gasteiger partial charge in [-0.15, -0.1) is 0 Å². The largest absolute Gasteiger partial charge is 0.480 e. The standard InChI is InChI=1S/C19H32N6O5S/c1-9(2)14(20)17(27)25-15(10(3)4)18(28)24-13(7-31)16(26)23-12(19(29)30)5-11-6-21-8-22-11/h6,8-10,12-15,31H,5,7,20H2,1-4H3,(H,21,22)(H,23,26)(H,24,28)(H,25,27)(H,29,30). The first-order valence-electron chi connectivity index (χ1n) is 9.95. The average Bonchev–Trinajstić information content (AvgIpc) is 3.21. The van der Waals surface area contributed by atoms with Crippen molar-refractivity contribution in [1.29, 1.82) is 0 Å². The number of nitrogens with one attached hydrogen (secondary N) is 4. The lowest BCUT2D eigenvalue weighted by Gasteiger charge is -2.27. The third kappa shape index (κ3) is 8.21. The predicted octanol–water partition coefficient (Wildman–Crippen LogP) is -0.940. The lowest BCUT2D eigenvalue weighted by Crippen LogP contribution is -2.59. The fraction of sp³-hybridized carbons (Fsp3) is 0.632. The molecule has 12 heteroatoms. The van der Waals surface area contributed by atoms with Crippen molar-refractivity contribution in [1.82, 2.24) is 25.9 Å². The fourth-order valence-electron chi connectivity index (χ4n) is 2.63. The maximum absolute atomic E-state index is 12.8. The number of hydrogen-bond acceptors (Lipinski definition) is 7. The van der Waals surface area contributed by atoms with Crippen LogP contribution in [0, 0.1) is 11.8 Å². The van der Waals surface area contributed by atoms with Crippen molar-refractivity contribution in [3.8, 4) is 0 Å². The molecule has 4 atom stereocenters. The zero-order valence-electron chi connectivity index (χ0n) is 18.1. The summed E-state index contributed by atoms with van der Waals surface area (Å²) in [6.45, 7) is 7.06. The van der Waals surface area contributed by atoms with Crippen LogP contribution in [-0.2, 0) is 25.6 Å². The van der Waals surface area contributed by atoms with Crippen molar-refractivity contribution in [2.24, 2.45) is 17.6 Å². The Labute approximate surface area is 186 Å². The molecule has 4 unspecified atom stereocenters. The van der Waals surface area contributed by atoms with Gasteiger partial charge in [-0.25, -0.2) is 9.78 Å². The number of nitrogens with zero attached hydrogens (tertiary/aromatic N) is 1. The van der Waals surface area contributed by atoms with Crippen molar-refractivity contribution in [3.63, 3.8) is 0 Å². The molecule has 0 saturated carbocycles. The molecule has 11 nitrogen and oxygen atoms in total. The van der Waals surface area contributed by atoms with E-state index < -0.39 is 47.9 Å². The second-order valence-electron chi connectivity index (χ2n) is 7.92. The second kappa shape index (κ2) is 12.3. The summed E-state index contributed by atoms with van der Waals surface area (Å²) >= 11 is 4.10. The minimum Gasteiger partial charge on any atom is -0.480 e. The van der Waals surface area contributed by atoms with Gasteiger partial charge in [-0.2, -0.15) is 12.6 Å². The number of carbonyl (C=O) groups is 4. The van der Waals surface area contributed by atoms with Gasteiger partial charge in [0.15, 0.2) is 0 Å². The van der Waals surface area contributed by atoms with Crippen molar-refractivity contribution in [3.05, 3.63) is 18.2 Å². The van der Waals surface area contributed by atoms with E-state index in [4.69, 9.17) is 5.73 Å². The van der Waals surface area contributed by atoms with Gasteiger partial charge in [0.2, 0.25) is 17.7 Å². The number of hydrogen-bond donors (Lipinski definition) is 7. The van der Waals surface area contributed by atoms with Gasteiger partial charge in [-0.3, -0.25) is 14.4 Å². The van der Waals surface area contributed by atoms with Crippen molar-refractivity contribution < 1.29 is 24.3 Å². The summed E-state index contributed by atoms with van der Waals surface area (Å²) in [6, 6.07) is -4.03. The first-order valence-corrected chi connectivity index (χ1v) is 10.6. The first-order chi connectivity index (χ1) is 14.5. The SMILES string of the molecule is CC(C)C(N)C(=O)NC(C(=O)NC(CS)C(=O)NC(Cc1cnc[nH]1)C(=O)O)C(C)C. The molecule has 0 aromatic carbocycles. The van der Waals surface area contributed by atoms with E-state index >= 15 is 0 Å². The van der Waals surface area contributed by atoms with Gasteiger partial charge < -0.3 is 31.8 Å². The summed E-state index contributed by atoms with van der Waals surface area (Å²) in [5, 5.41) is 16.9. The Morgan fingerprint density at radius 3 is 2.10 bits per heavy atom. The Hall–Kier alpha value is -2.60. The predicted molar refractivity (Wildman–Crippen MR) is 117 cm³/mol. The summed E-state index contributed by atoms with van der Waals surface area (Å²) in [6.07, 6.45) is 2.85. The molecule has 0 bridgehead atoms. The van der Waals surface area contributed by atoms with Crippen LogP contribution in [0.2, 0.25) is 0 Å². The number of carboxylic acids is 1. The number of thiol groups is 1. The Bertz CT molecular complexity index is 755. The number of imidazole rings is 1. The molecule has 0 aliphatic carbocycles. The molecule has 0 spiro atoms. The zero-order chi connectivity index (χ0) is 23.7. The van der Waals surface area contributed by atoms with Gasteiger partial charge in [-0.05, 0) is 11.8 Å². The van der Waals surface area contributed by atoms with E-state index in [2.05, 4.69) is 38.5 Å². The van der Waals surface area contributed by atoms with Gasteiger partial charge in [0.05, 0.1) is 12.4 Å². The number of carboxylic acid groups (broad SMARTS) is 1. The monoisotopic (exact) mass is 456 g/mol. The molecule has 0 fully saturated rings. The van der Waals surface area contributed by atoms with Crippen LogP contribution in [0.1, 0.15) is 33.4 Å². The van der Waals surface area contributed by atoms with Crippen LogP contribution in [0.5, 0.6) is 0 Å². The third-order valence-corrected chi connectivity index (χ3v) is 5.04. The van der Waals surface area contributed by atoms with Crippen LogP contribution in [0.15, 0.2) is 12.5 Å². The highest BCUT2D eigenvalue weighted by Gasteiger charge is 2.31. The maximum atomic E-state index is 12.8. The Morgan fingerprint density at radius 1 is 1.03 bits per heavy atom. The average molecular weight is 457 g/mol. The highest BCUT2D eigenvalue weighted by atomic mass is 32.1. The van der Waals surface area contributed by atoms with Crippen LogP contribution in [0.25, 0.3) is 0 Å². The highest BCUT2D eigenvalue weighted by molar-refractivity contribution is 7.80. The van der Waals surface area contributed by atoms with E-state index in [9.17, 15) is 24.3 Å². The van der Waals surface area contributed by atoms with Gasteiger partial charge in [0.25, 0.3) is 0 Å². The number of nitrogens with two attached hydrogens (primary N) is 1. The number of rotatable bonds is 12. The van der Waals surface area contributed by atoms with Crippen molar-refractivity contribution >= 4 is 36.3 Å². The molecule has 31 heavy (non-hydrogen) atoms. The molecule has 0 saturated heterocycles. The van der Waals surface area contributed by atoms with Crippen LogP contribution in [0.4, 0.5) is 0 Å². The lowest BCUT2D eigenvalue weighted by atomic mass is 10.00. The van der Waals surface area contributed by atoms with E-state index in [-0.39, 0.29) is 24.0 Å². The first kappa shape index (κ1) is 26.4. The van der Waals surface area contributed by atoms with Crippen LogP contribution < -0.4 is 21.7 Å². The summed E-state index contributed by atoms with van der Waals surface area (Å²) in [4.78, 5) is 55.7. The second-order valence-corrected chi connectivity index (χ2v) is 8.29. The Balaban J connectivity index is 2.82. The van der Waals surface area contributed by atoms with Crippen LogP contribution in [0.3, 0.4) is 0 Å². The number of carbonyl (C=O) groups excluding carboxylic acids is 3. The molecule has 1 rings (SSSR count). The number of aromatic nitrogens is 2. The van der Waals surface area contributed by atoms with Gasteiger partial charge in [-0.1, -0.05) is 27.7 Å². The van der Waals surface area contributed by atoms with Gasteiger partial charge in [0, 0.05) is 24.1 Å². The molecular weight excluding hydrogens is 424 g/mol. The molecule has 7 N–H and O–H groups in total. The molecular formula is C19H32N6O5S. The van der Waals surface area contributed by atoms with E-state index in [1.54, 1.807) is 27.7 Å². The van der Waals surface area contributed by atoms with Gasteiger partial charge in [0.1, 0.15) is 18.1 Å². The van der Waals surface area contributed by atoms with Crippen LogP contribution >= 0.6 is 12.6 Å². The molecule has 1 aromatic rings. The van der Waals surface area contributed by atoms with Crippen molar-refractivity contribution in [2.45, 2.75) is 58.3 Å². The molecule has 3 amide bonds. The molecule has 1 aromatic heterocycles.